The van der Waals surface area contributed by atoms with Gasteiger partial charge in [-0.15, -0.1) is 5.10 Å². The van der Waals surface area contributed by atoms with Crippen LogP contribution in [0, 0.1) is 0 Å². The number of nitrogens with zero attached hydrogens (tertiary/aromatic N) is 2. The molecule has 1 unspecified atom stereocenters. The normalized spacial score (nSPS) is 12.1. The topological polar surface area (TPSA) is 54.9 Å². The Balaban J connectivity index is 2.09. The number of carbonyl (C=O) groups is 1. The minimum Gasteiger partial charge on any atom is -0.344 e. The van der Waals surface area contributed by atoms with Crippen molar-refractivity contribution >= 4 is 33.4 Å². The summed E-state index contributed by atoms with van der Waals surface area (Å²) < 4.78 is 3.67. The van der Waals surface area contributed by atoms with E-state index in [-0.39, 0.29) is 11.9 Å². The minimum atomic E-state index is -0.145. The molecule has 2 aromatic rings. The summed E-state index contributed by atoms with van der Waals surface area (Å²) >= 11 is 4.49. The first kappa shape index (κ1) is 12.2. The van der Waals surface area contributed by atoms with E-state index in [0.29, 0.717) is 10.2 Å². The van der Waals surface area contributed by atoms with Crippen LogP contribution in [-0.2, 0) is 0 Å². The van der Waals surface area contributed by atoms with Crippen LogP contribution in [0.25, 0.3) is 0 Å². The summed E-state index contributed by atoms with van der Waals surface area (Å²) in [5, 5.41) is 7.24. The lowest BCUT2D eigenvalue weighted by Crippen LogP contribution is -2.28. The van der Waals surface area contributed by atoms with Crippen LogP contribution in [0.1, 0.15) is 21.3 Å². The standard InChI is InChI=1S/C11H10BrN3OS/c12-6-9(8-4-2-1-3-5-8)14-11(16)10-7-13-15-17-10/h1-5,7,9H,6H2,(H,14,16). The first-order valence-corrected chi connectivity index (χ1v) is 6.90. The van der Waals surface area contributed by atoms with E-state index in [0.717, 1.165) is 17.1 Å². The molecule has 1 aromatic heterocycles. The van der Waals surface area contributed by atoms with E-state index in [9.17, 15) is 4.79 Å². The Labute approximate surface area is 111 Å². The Morgan fingerprint density at radius 2 is 2.18 bits per heavy atom. The van der Waals surface area contributed by atoms with Gasteiger partial charge in [0.2, 0.25) is 0 Å². The van der Waals surface area contributed by atoms with Gasteiger partial charge in [0, 0.05) is 5.33 Å². The molecule has 1 N–H and O–H groups in total. The number of hydrogen-bond acceptors (Lipinski definition) is 4. The van der Waals surface area contributed by atoms with Crippen LogP contribution < -0.4 is 5.32 Å². The molecule has 0 saturated heterocycles. The third-order valence-corrected chi connectivity index (χ3v) is 3.56. The van der Waals surface area contributed by atoms with Crippen molar-refractivity contribution in [3.8, 4) is 0 Å². The largest absolute Gasteiger partial charge is 0.344 e. The van der Waals surface area contributed by atoms with Crippen LogP contribution in [0.2, 0.25) is 0 Å². The number of rotatable bonds is 4. The molecule has 0 aliphatic rings. The van der Waals surface area contributed by atoms with Crippen LogP contribution in [0.3, 0.4) is 0 Å². The van der Waals surface area contributed by atoms with Gasteiger partial charge in [0.05, 0.1) is 12.2 Å². The van der Waals surface area contributed by atoms with Crippen molar-refractivity contribution in [2.24, 2.45) is 0 Å². The first-order valence-electron chi connectivity index (χ1n) is 5.00. The Bertz CT molecular complexity index is 475. The molecule has 1 aromatic carbocycles. The van der Waals surface area contributed by atoms with Gasteiger partial charge in [0.25, 0.3) is 5.91 Å². The van der Waals surface area contributed by atoms with Crippen LogP contribution in [-0.4, -0.2) is 20.8 Å². The second kappa shape index (κ2) is 5.88. The van der Waals surface area contributed by atoms with E-state index < -0.39 is 0 Å². The van der Waals surface area contributed by atoms with E-state index in [1.165, 1.54) is 6.20 Å². The molecule has 0 spiro atoms. The quantitative estimate of drug-likeness (QED) is 0.882. The Kier molecular flexibility index (Phi) is 4.22. The van der Waals surface area contributed by atoms with Crippen molar-refractivity contribution in [2.75, 3.05) is 5.33 Å². The van der Waals surface area contributed by atoms with E-state index >= 15 is 0 Å². The minimum absolute atomic E-state index is 0.0502. The Hall–Kier alpha value is -1.27. The average molecular weight is 312 g/mol. The predicted molar refractivity (Wildman–Crippen MR) is 70.4 cm³/mol. The maximum Gasteiger partial charge on any atom is 0.265 e. The van der Waals surface area contributed by atoms with Gasteiger partial charge < -0.3 is 5.32 Å². The molecule has 0 aliphatic carbocycles. The number of alkyl halides is 1. The highest BCUT2D eigenvalue weighted by Gasteiger charge is 2.15. The lowest BCUT2D eigenvalue weighted by atomic mass is 10.1. The molecule has 1 atom stereocenters. The molecule has 0 aliphatic heterocycles. The molecule has 4 nitrogen and oxygen atoms in total. The van der Waals surface area contributed by atoms with Crippen molar-refractivity contribution in [3.05, 3.63) is 47.0 Å². The summed E-state index contributed by atoms with van der Waals surface area (Å²) in [6, 6.07) is 9.76. The van der Waals surface area contributed by atoms with Gasteiger partial charge >= 0.3 is 0 Å². The van der Waals surface area contributed by atoms with Crippen LogP contribution in [0.15, 0.2) is 36.5 Å². The summed E-state index contributed by atoms with van der Waals surface area (Å²) in [6.45, 7) is 0. The number of benzene rings is 1. The summed E-state index contributed by atoms with van der Waals surface area (Å²) in [6.07, 6.45) is 1.47. The maximum absolute atomic E-state index is 11.8. The van der Waals surface area contributed by atoms with E-state index in [4.69, 9.17) is 0 Å². The number of halogens is 1. The molecule has 88 valence electrons. The SMILES string of the molecule is O=C(NC(CBr)c1ccccc1)c1cnns1. The Morgan fingerprint density at radius 1 is 1.41 bits per heavy atom. The summed E-state index contributed by atoms with van der Waals surface area (Å²) in [5.41, 5.74) is 1.06. The van der Waals surface area contributed by atoms with Gasteiger partial charge in [0.1, 0.15) is 4.88 Å². The Morgan fingerprint density at radius 3 is 2.76 bits per heavy atom. The molecule has 0 fully saturated rings. The lowest BCUT2D eigenvalue weighted by molar-refractivity contribution is 0.0944. The number of aromatic nitrogens is 2. The number of hydrogen-bond donors (Lipinski definition) is 1. The van der Waals surface area contributed by atoms with Gasteiger partial charge in [-0.05, 0) is 17.1 Å². The molecule has 2 rings (SSSR count). The summed E-state index contributed by atoms with van der Waals surface area (Å²) in [4.78, 5) is 12.4. The molecule has 0 radical (unpaired) electrons. The fraction of sp³-hybridized carbons (Fsp3) is 0.182. The van der Waals surface area contributed by atoms with Gasteiger partial charge in [-0.1, -0.05) is 50.8 Å². The molecular weight excluding hydrogens is 302 g/mol. The second-order valence-corrected chi connectivity index (χ2v) is 4.81. The molecule has 1 heterocycles. The summed E-state index contributed by atoms with van der Waals surface area (Å²) in [7, 11) is 0. The average Bonchev–Trinajstić information content (AvgIpc) is 2.90. The summed E-state index contributed by atoms with van der Waals surface area (Å²) in [5.74, 6) is -0.145. The van der Waals surface area contributed by atoms with Gasteiger partial charge in [-0.2, -0.15) is 0 Å². The van der Waals surface area contributed by atoms with E-state index in [2.05, 4.69) is 30.8 Å². The lowest BCUT2D eigenvalue weighted by Gasteiger charge is -2.15. The van der Waals surface area contributed by atoms with Gasteiger partial charge in [-0.3, -0.25) is 4.79 Å². The first-order chi connectivity index (χ1) is 8.31. The van der Waals surface area contributed by atoms with Crippen molar-refractivity contribution in [1.82, 2.24) is 14.9 Å². The second-order valence-electron chi connectivity index (χ2n) is 3.37. The zero-order chi connectivity index (χ0) is 12.1. The highest BCUT2D eigenvalue weighted by molar-refractivity contribution is 9.09. The van der Waals surface area contributed by atoms with E-state index in [1.807, 2.05) is 30.3 Å². The fourth-order valence-electron chi connectivity index (χ4n) is 1.39. The smallest absolute Gasteiger partial charge is 0.265 e. The van der Waals surface area contributed by atoms with Crippen LogP contribution in [0.5, 0.6) is 0 Å². The zero-order valence-electron chi connectivity index (χ0n) is 8.84. The predicted octanol–water partition coefficient (Wildman–Crippen LogP) is 2.40. The third kappa shape index (κ3) is 3.10. The van der Waals surface area contributed by atoms with Crippen molar-refractivity contribution in [1.29, 1.82) is 0 Å². The van der Waals surface area contributed by atoms with Crippen molar-refractivity contribution in [3.63, 3.8) is 0 Å². The molecular formula is C11H10BrN3OS. The molecule has 0 saturated carbocycles. The van der Waals surface area contributed by atoms with Gasteiger partial charge in [0.15, 0.2) is 0 Å². The molecule has 0 bridgehead atoms. The highest BCUT2D eigenvalue weighted by Crippen LogP contribution is 2.16. The fourth-order valence-corrected chi connectivity index (χ4v) is 2.35. The van der Waals surface area contributed by atoms with E-state index in [1.54, 1.807) is 0 Å². The number of carbonyl (C=O) groups excluding carboxylic acids is 1. The monoisotopic (exact) mass is 311 g/mol. The maximum atomic E-state index is 11.8. The zero-order valence-corrected chi connectivity index (χ0v) is 11.2. The van der Waals surface area contributed by atoms with Crippen molar-refractivity contribution in [2.45, 2.75) is 6.04 Å². The van der Waals surface area contributed by atoms with Crippen LogP contribution in [0.4, 0.5) is 0 Å². The number of amides is 1. The molecule has 6 heteroatoms. The van der Waals surface area contributed by atoms with Crippen LogP contribution >= 0.6 is 27.5 Å². The third-order valence-electron chi connectivity index (χ3n) is 2.25. The number of nitrogens with one attached hydrogen (secondary N) is 1. The molecule has 1 amide bonds. The van der Waals surface area contributed by atoms with Crippen molar-refractivity contribution < 1.29 is 4.79 Å². The highest BCUT2D eigenvalue weighted by atomic mass is 79.9. The molecule has 17 heavy (non-hydrogen) atoms. The van der Waals surface area contributed by atoms with Gasteiger partial charge in [-0.25, -0.2) is 0 Å².